The standard InChI is InChI=1S/C19H14F3N5O/c20-19(21,22)13-4-3-5-14(12-13)27-11-8-16(28)18(26-27)15(7-9-23)25-17-6-1-2-10-24-17/h1-12H,23H2. The minimum absolute atomic E-state index is 0.0766. The number of hydrogen-bond acceptors (Lipinski definition) is 5. The van der Waals surface area contributed by atoms with Gasteiger partial charge in [0.05, 0.1) is 17.0 Å². The summed E-state index contributed by atoms with van der Waals surface area (Å²) in [6.45, 7) is 0. The van der Waals surface area contributed by atoms with Gasteiger partial charge in [-0.1, -0.05) is 12.1 Å². The molecule has 0 aliphatic heterocycles. The van der Waals surface area contributed by atoms with Crippen molar-refractivity contribution in [2.75, 3.05) is 0 Å². The van der Waals surface area contributed by atoms with Crippen LogP contribution in [0.5, 0.6) is 0 Å². The number of allylic oxidation sites excluding steroid dienone is 1. The van der Waals surface area contributed by atoms with Crippen LogP contribution < -0.4 is 11.2 Å². The maximum atomic E-state index is 13.0. The van der Waals surface area contributed by atoms with E-state index in [2.05, 4.69) is 15.1 Å². The molecule has 0 saturated carbocycles. The molecule has 0 spiro atoms. The predicted octanol–water partition coefficient (Wildman–Crippen LogP) is 3.24. The molecule has 2 N–H and O–H groups in total. The molecule has 142 valence electrons. The predicted molar refractivity (Wildman–Crippen MR) is 98.6 cm³/mol. The number of nitrogens with two attached hydrogens (primary N) is 1. The lowest BCUT2D eigenvalue weighted by Crippen LogP contribution is -2.20. The van der Waals surface area contributed by atoms with Gasteiger partial charge in [-0.05, 0) is 42.6 Å². The fourth-order valence-electron chi connectivity index (χ4n) is 2.36. The Bertz CT molecular complexity index is 1090. The highest BCUT2D eigenvalue weighted by molar-refractivity contribution is 6.08. The highest BCUT2D eigenvalue weighted by Crippen LogP contribution is 2.30. The fraction of sp³-hybridized carbons (Fsp3) is 0.0526. The molecule has 0 bridgehead atoms. The summed E-state index contributed by atoms with van der Waals surface area (Å²) in [6, 6.07) is 10.9. The fourth-order valence-corrected chi connectivity index (χ4v) is 2.36. The zero-order valence-corrected chi connectivity index (χ0v) is 14.3. The summed E-state index contributed by atoms with van der Waals surface area (Å²) in [5.74, 6) is 0.325. The van der Waals surface area contributed by atoms with Gasteiger partial charge < -0.3 is 5.73 Å². The van der Waals surface area contributed by atoms with Gasteiger partial charge in [0.25, 0.3) is 0 Å². The zero-order chi connectivity index (χ0) is 20.1. The Balaban J connectivity index is 2.11. The summed E-state index contributed by atoms with van der Waals surface area (Å²) >= 11 is 0. The normalized spacial score (nSPS) is 12.5. The van der Waals surface area contributed by atoms with E-state index in [1.807, 2.05) is 0 Å². The van der Waals surface area contributed by atoms with E-state index in [1.54, 1.807) is 18.2 Å². The average molecular weight is 385 g/mol. The largest absolute Gasteiger partial charge is 0.416 e. The first kappa shape index (κ1) is 19.0. The van der Waals surface area contributed by atoms with Crippen LogP contribution in [0.3, 0.4) is 0 Å². The van der Waals surface area contributed by atoms with Crippen molar-refractivity contribution in [2.24, 2.45) is 10.7 Å². The number of aromatic nitrogens is 3. The summed E-state index contributed by atoms with van der Waals surface area (Å²) in [4.78, 5) is 20.6. The van der Waals surface area contributed by atoms with Crippen molar-refractivity contribution in [3.05, 3.63) is 94.7 Å². The van der Waals surface area contributed by atoms with Crippen LogP contribution in [0.4, 0.5) is 19.0 Å². The van der Waals surface area contributed by atoms with E-state index >= 15 is 0 Å². The van der Waals surface area contributed by atoms with Crippen molar-refractivity contribution in [1.82, 2.24) is 14.8 Å². The third kappa shape index (κ3) is 4.32. The van der Waals surface area contributed by atoms with Gasteiger partial charge >= 0.3 is 6.18 Å². The van der Waals surface area contributed by atoms with E-state index in [9.17, 15) is 18.0 Å². The van der Waals surface area contributed by atoms with Crippen LogP contribution in [0.1, 0.15) is 11.3 Å². The Hall–Kier alpha value is -3.75. The summed E-state index contributed by atoms with van der Waals surface area (Å²) in [5, 5.41) is 4.15. The second-order valence-electron chi connectivity index (χ2n) is 5.57. The number of benzene rings is 1. The van der Waals surface area contributed by atoms with Crippen molar-refractivity contribution in [3.8, 4) is 5.69 Å². The van der Waals surface area contributed by atoms with E-state index in [4.69, 9.17) is 5.73 Å². The molecular formula is C19H14F3N5O. The van der Waals surface area contributed by atoms with Gasteiger partial charge in [0, 0.05) is 18.5 Å². The number of hydrogen-bond donors (Lipinski definition) is 1. The summed E-state index contributed by atoms with van der Waals surface area (Å²) in [5.41, 5.74) is 4.36. The van der Waals surface area contributed by atoms with Crippen molar-refractivity contribution in [2.45, 2.75) is 6.18 Å². The lowest BCUT2D eigenvalue weighted by molar-refractivity contribution is -0.137. The molecule has 0 unspecified atom stereocenters. The van der Waals surface area contributed by atoms with E-state index in [-0.39, 0.29) is 17.1 Å². The molecular weight excluding hydrogens is 371 g/mol. The molecule has 9 heteroatoms. The van der Waals surface area contributed by atoms with Gasteiger partial charge in [0.1, 0.15) is 0 Å². The number of pyridine rings is 1. The van der Waals surface area contributed by atoms with Crippen LogP contribution >= 0.6 is 0 Å². The van der Waals surface area contributed by atoms with Gasteiger partial charge in [-0.3, -0.25) is 4.79 Å². The topological polar surface area (TPSA) is 86.2 Å². The first-order valence-electron chi connectivity index (χ1n) is 8.04. The highest BCUT2D eigenvalue weighted by atomic mass is 19.4. The molecule has 0 aliphatic carbocycles. The number of halogens is 3. The number of rotatable bonds is 4. The van der Waals surface area contributed by atoms with Crippen molar-refractivity contribution < 1.29 is 13.2 Å². The van der Waals surface area contributed by atoms with Crippen LogP contribution in [-0.4, -0.2) is 20.5 Å². The van der Waals surface area contributed by atoms with Crippen LogP contribution in [0.25, 0.3) is 5.69 Å². The van der Waals surface area contributed by atoms with Crippen LogP contribution in [-0.2, 0) is 6.18 Å². The summed E-state index contributed by atoms with van der Waals surface area (Å²) < 4.78 is 40.1. The molecule has 0 radical (unpaired) electrons. The second-order valence-corrected chi connectivity index (χ2v) is 5.57. The van der Waals surface area contributed by atoms with Crippen LogP contribution in [0.2, 0.25) is 0 Å². The minimum Gasteiger partial charge on any atom is -0.405 e. The maximum Gasteiger partial charge on any atom is 0.416 e. The Kier molecular flexibility index (Phi) is 5.35. The quantitative estimate of drug-likeness (QED) is 0.699. The maximum absolute atomic E-state index is 13.0. The molecule has 0 saturated heterocycles. The highest BCUT2D eigenvalue weighted by Gasteiger charge is 2.30. The molecule has 3 rings (SSSR count). The van der Waals surface area contributed by atoms with Crippen LogP contribution in [0, 0.1) is 0 Å². The lowest BCUT2D eigenvalue weighted by atomic mass is 10.2. The first-order chi connectivity index (χ1) is 13.4. The smallest absolute Gasteiger partial charge is 0.405 e. The summed E-state index contributed by atoms with van der Waals surface area (Å²) in [7, 11) is 0. The molecule has 0 atom stereocenters. The minimum atomic E-state index is -4.49. The van der Waals surface area contributed by atoms with Gasteiger partial charge in [0.2, 0.25) is 5.43 Å². The SMILES string of the molecule is NC=CC(=Nc1ccccn1)c1nn(-c2cccc(C(F)(F)F)c2)ccc1=O. The second kappa shape index (κ2) is 7.87. The van der Waals surface area contributed by atoms with Gasteiger partial charge in [-0.2, -0.15) is 18.3 Å². The van der Waals surface area contributed by atoms with E-state index < -0.39 is 17.2 Å². The molecule has 2 aromatic heterocycles. The van der Waals surface area contributed by atoms with Crippen molar-refractivity contribution in [3.63, 3.8) is 0 Å². The first-order valence-corrected chi connectivity index (χ1v) is 8.04. The Morgan fingerprint density at radius 2 is 1.96 bits per heavy atom. The Morgan fingerprint density at radius 3 is 2.64 bits per heavy atom. The van der Waals surface area contributed by atoms with E-state index in [0.29, 0.717) is 5.82 Å². The van der Waals surface area contributed by atoms with Gasteiger partial charge in [0.15, 0.2) is 11.5 Å². The van der Waals surface area contributed by atoms with E-state index in [0.717, 1.165) is 12.1 Å². The molecule has 0 aliphatic rings. The summed E-state index contributed by atoms with van der Waals surface area (Å²) in [6.07, 6.45) is 0.874. The van der Waals surface area contributed by atoms with Crippen molar-refractivity contribution in [1.29, 1.82) is 0 Å². The molecule has 0 fully saturated rings. The number of nitrogens with zero attached hydrogens (tertiary/aromatic N) is 4. The number of aliphatic imine (C=N–C) groups is 1. The molecule has 1 aromatic carbocycles. The van der Waals surface area contributed by atoms with Crippen molar-refractivity contribution >= 4 is 11.5 Å². The third-order valence-corrected chi connectivity index (χ3v) is 3.63. The van der Waals surface area contributed by atoms with Gasteiger partial charge in [-0.15, -0.1) is 0 Å². The molecule has 2 heterocycles. The molecule has 0 amide bonds. The van der Waals surface area contributed by atoms with E-state index in [1.165, 1.54) is 47.6 Å². The number of alkyl halides is 3. The molecule has 3 aromatic rings. The molecule has 6 nitrogen and oxygen atoms in total. The Labute approximate surface area is 157 Å². The Morgan fingerprint density at radius 1 is 1.14 bits per heavy atom. The lowest BCUT2D eigenvalue weighted by Gasteiger charge is -2.11. The molecule has 28 heavy (non-hydrogen) atoms. The zero-order valence-electron chi connectivity index (χ0n) is 14.3. The average Bonchev–Trinajstić information content (AvgIpc) is 2.68. The monoisotopic (exact) mass is 385 g/mol. The van der Waals surface area contributed by atoms with Gasteiger partial charge in [-0.25, -0.2) is 14.7 Å². The third-order valence-electron chi connectivity index (χ3n) is 3.63. The van der Waals surface area contributed by atoms with Crippen LogP contribution in [0.15, 0.2) is 83.0 Å².